The van der Waals surface area contributed by atoms with Crippen molar-refractivity contribution in [2.24, 2.45) is 17.3 Å². The number of hydrogen-bond acceptors (Lipinski definition) is 6. The van der Waals surface area contributed by atoms with Crippen LogP contribution in [0.25, 0.3) is 0 Å². The zero-order valence-electron chi connectivity index (χ0n) is 27.3. The molecular formula is C36H45NO6Si. The van der Waals surface area contributed by atoms with Gasteiger partial charge in [-0.05, 0) is 74.2 Å². The van der Waals surface area contributed by atoms with Crippen molar-refractivity contribution in [2.75, 3.05) is 11.5 Å². The second-order valence-electron chi connectivity index (χ2n) is 14.4. The molecule has 2 aliphatic rings. The smallest absolute Gasteiger partial charge is 0.420 e. The number of carbonyl (C=O) groups is 3. The normalized spacial score (nSPS) is 25.1. The van der Waals surface area contributed by atoms with E-state index in [1.54, 1.807) is 51.1 Å². The predicted molar refractivity (Wildman–Crippen MR) is 175 cm³/mol. The van der Waals surface area contributed by atoms with E-state index in [4.69, 9.17) is 20.3 Å². The average Bonchev–Trinajstić information content (AvgIpc) is 2.95. The Bertz CT molecular complexity index is 1480. The first-order valence-corrected chi connectivity index (χ1v) is 18.0. The summed E-state index contributed by atoms with van der Waals surface area (Å²) in [7, 11) is -2.47. The number of para-hydroxylation sites is 2. The molecule has 2 aromatic carbocycles. The van der Waals surface area contributed by atoms with Crippen LogP contribution in [0.5, 0.6) is 5.75 Å². The molecule has 0 saturated heterocycles. The molecule has 4 rings (SSSR count). The zero-order valence-corrected chi connectivity index (χ0v) is 28.3. The average molecular weight is 616 g/mol. The third kappa shape index (κ3) is 5.88. The van der Waals surface area contributed by atoms with Gasteiger partial charge in [0.1, 0.15) is 24.7 Å². The van der Waals surface area contributed by atoms with Gasteiger partial charge >= 0.3 is 12.1 Å². The van der Waals surface area contributed by atoms with Crippen molar-refractivity contribution in [2.45, 2.75) is 84.2 Å². The number of benzene rings is 2. The molecule has 8 heteroatoms. The number of hydrogen-bond donors (Lipinski definition) is 0. The summed E-state index contributed by atoms with van der Waals surface area (Å²) in [6.45, 7) is 18.1. The Hall–Kier alpha value is -3.67. The molecule has 1 unspecified atom stereocenters. The fourth-order valence-corrected chi connectivity index (χ4v) is 7.21. The molecule has 1 aliphatic heterocycles. The molecule has 2 aromatic rings. The van der Waals surface area contributed by atoms with Gasteiger partial charge in [0.25, 0.3) is 0 Å². The van der Waals surface area contributed by atoms with E-state index in [0.717, 1.165) is 11.9 Å². The second-order valence-corrected chi connectivity index (χ2v) is 19.2. The molecule has 0 saturated carbocycles. The van der Waals surface area contributed by atoms with Crippen molar-refractivity contribution in [1.82, 2.24) is 0 Å². The van der Waals surface area contributed by atoms with Crippen LogP contribution in [0.15, 0.2) is 66.2 Å². The second kappa shape index (κ2) is 12.0. The number of amides is 1. The number of aldehydes is 1. The highest BCUT2D eigenvalue weighted by Gasteiger charge is 2.62. The number of fused-ring (bicyclic) bond motifs is 3. The molecule has 1 aliphatic carbocycles. The van der Waals surface area contributed by atoms with Gasteiger partial charge in [-0.25, -0.2) is 4.79 Å². The molecule has 0 fully saturated rings. The summed E-state index contributed by atoms with van der Waals surface area (Å²) >= 11 is 0. The number of carbonyl (C=O) groups excluding carboxylic acids is 3. The maximum atomic E-state index is 13.9. The molecule has 1 amide bonds. The first kappa shape index (κ1) is 33.2. The number of terminal acetylenes is 1. The fraction of sp³-hybridized carbons (Fsp3) is 0.472. The summed E-state index contributed by atoms with van der Waals surface area (Å²) in [4.78, 5) is 42.0. The van der Waals surface area contributed by atoms with E-state index in [2.05, 4.69) is 39.8 Å². The van der Waals surface area contributed by atoms with Gasteiger partial charge in [0.2, 0.25) is 0 Å². The van der Waals surface area contributed by atoms with E-state index < -0.39 is 43.3 Å². The zero-order chi connectivity index (χ0) is 32.7. The molecular weight excluding hydrogens is 570 g/mol. The Morgan fingerprint density at radius 2 is 1.64 bits per heavy atom. The highest BCUT2D eigenvalue weighted by atomic mass is 28.4. The van der Waals surface area contributed by atoms with Crippen LogP contribution in [-0.2, 0) is 24.2 Å². The lowest BCUT2D eigenvalue weighted by atomic mass is 9.54. The SMILES string of the molecule is C#C[C@H]1[C@@H]2[C@@H](C)C(COC(=O)C(C)(C)C)=CC(O[Si](C)(C)C(C)(C)C)[C@]2(C=O)c2ccccc2N1C(=O)Oc1ccccc1. The monoisotopic (exact) mass is 615 g/mol. The van der Waals surface area contributed by atoms with Crippen LogP contribution in [0, 0.1) is 29.6 Å². The lowest BCUT2D eigenvalue weighted by molar-refractivity contribution is -0.152. The van der Waals surface area contributed by atoms with Crippen LogP contribution in [0.4, 0.5) is 10.5 Å². The van der Waals surface area contributed by atoms with Crippen molar-refractivity contribution >= 4 is 32.4 Å². The Labute approximate surface area is 263 Å². The van der Waals surface area contributed by atoms with Gasteiger partial charge in [0.15, 0.2) is 8.32 Å². The maximum Gasteiger partial charge on any atom is 0.420 e. The molecule has 234 valence electrons. The summed E-state index contributed by atoms with van der Waals surface area (Å²) in [6.07, 6.45) is 7.85. The van der Waals surface area contributed by atoms with Gasteiger partial charge in [-0.1, -0.05) is 76.1 Å². The third-order valence-corrected chi connectivity index (χ3v) is 13.9. The molecule has 0 spiro atoms. The van der Waals surface area contributed by atoms with E-state index in [-0.39, 0.29) is 23.5 Å². The molecule has 7 nitrogen and oxygen atoms in total. The minimum absolute atomic E-state index is 0.0213. The van der Waals surface area contributed by atoms with Gasteiger partial charge in [-0.3, -0.25) is 9.69 Å². The summed E-state index contributed by atoms with van der Waals surface area (Å²) in [5, 5.41) is -0.159. The molecule has 0 aromatic heterocycles. The Morgan fingerprint density at radius 3 is 2.20 bits per heavy atom. The molecule has 0 bridgehead atoms. The summed E-state index contributed by atoms with van der Waals surface area (Å²) in [5.74, 6) is 1.94. The molecule has 5 atom stereocenters. The number of esters is 1. The Kier molecular flexibility index (Phi) is 9.08. The van der Waals surface area contributed by atoms with Crippen LogP contribution in [0.1, 0.15) is 54.0 Å². The van der Waals surface area contributed by atoms with Crippen molar-refractivity contribution in [3.05, 3.63) is 71.8 Å². The first-order chi connectivity index (χ1) is 20.5. The van der Waals surface area contributed by atoms with Crippen molar-refractivity contribution in [1.29, 1.82) is 0 Å². The molecule has 44 heavy (non-hydrogen) atoms. The predicted octanol–water partition coefficient (Wildman–Crippen LogP) is 7.32. The minimum atomic E-state index is -2.47. The van der Waals surface area contributed by atoms with Gasteiger partial charge in [-0.15, -0.1) is 6.42 Å². The number of nitrogens with zero attached hydrogens (tertiary/aromatic N) is 1. The highest BCUT2D eigenvalue weighted by Crippen LogP contribution is 2.56. The Morgan fingerprint density at radius 1 is 1.02 bits per heavy atom. The molecule has 0 radical (unpaired) electrons. The first-order valence-electron chi connectivity index (χ1n) is 15.1. The maximum absolute atomic E-state index is 13.9. The third-order valence-electron chi connectivity index (χ3n) is 9.48. The van der Waals surface area contributed by atoms with Crippen molar-refractivity contribution in [3.63, 3.8) is 0 Å². The lowest BCUT2D eigenvalue weighted by Gasteiger charge is -2.57. The largest absolute Gasteiger partial charge is 0.461 e. The summed E-state index contributed by atoms with van der Waals surface area (Å²) < 4.78 is 18.7. The number of rotatable bonds is 6. The van der Waals surface area contributed by atoms with Gasteiger partial charge in [0.05, 0.1) is 22.6 Å². The summed E-state index contributed by atoms with van der Waals surface area (Å²) in [6, 6.07) is 15.3. The standard InChI is InChI=1S/C36H45NO6Si/c1-11-28-31-24(2)25(22-41-32(39)34(3,4)5)21-30(43-44(9,10)35(6,7)8)36(31,23-38)27-19-15-16-20-29(27)37(28)33(40)42-26-17-13-12-14-18-26/h1,12-21,23-24,28,30-31H,22H2,2-10H3/t24-,28-,30?,31-,36-/m0/s1. The van der Waals surface area contributed by atoms with Crippen LogP contribution in [-0.4, -0.2) is 45.4 Å². The van der Waals surface area contributed by atoms with Crippen molar-refractivity contribution in [3.8, 4) is 18.1 Å². The van der Waals surface area contributed by atoms with E-state index in [1.165, 1.54) is 4.90 Å². The number of ether oxygens (including phenoxy) is 2. The van der Waals surface area contributed by atoms with Gasteiger partial charge in [0, 0.05) is 5.92 Å². The minimum Gasteiger partial charge on any atom is -0.461 e. The van der Waals surface area contributed by atoms with E-state index in [0.29, 0.717) is 17.0 Å². The van der Waals surface area contributed by atoms with Gasteiger partial charge in [-0.2, -0.15) is 0 Å². The molecule has 1 heterocycles. The highest BCUT2D eigenvalue weighted by molar-refractivity contribution is 6.74. The Balaban J connectivity index is 1.93. The van der Waals surface area contributed by atoms with Crippen molar-refractivity contribution < 1.29 is 28.3 Å². The van der Waals surface area contributed by atoms with E-state index >= 15 is 0 Å². The van der Waals surface area contributed by atoms with Crippen LogP contribution < -0.4 is 9.64 Å². The lowest BCUT2D eigenvalue weighted by Crippen LogP contribution is -2.66. The fourth-order valence-electron chi connectivity index (χ4n) is 5.95. The summed E-state index contributed by atoms with van der Waals surface area (Å²) in [5.41, 5.74) is 0.0417. The van der Waals surface area contributed by atoms with E-state index in [9.17, 15) is 14.4 Å². The molecule has 0 N–H and O–H groups in total. The topological polar surface area (TPSA) is 82.1 Å². The van der Waals surface area contributed by atoms with Gasteiger partial charge < -0.3 is 18.7 Å². The van der Waals surface area contributed by atoms with Crippen LogP contribution in [0.3, 0.4) is 0 Å². The van der Waals surface area contributed by atoms with Crippen LogP contribution in [0.2, 0.25) is 18.1 Å². The quantitative estimate of drug-likeness (QED) is 0.111. The van der Waals surface area contributed by atoms with Crippen LogP contribution >= 0.6 is 0 Å². The number of anilines is 1. The van der Waals surface area contributed by atoms with E-state index in [1.807, 2.05) is 37.3 Å².